The van der Waals surface area contributed by atoms with Gasteiger partial charge >= 0.3 is 0 Å². The molecule has 0 aliphatic carbocycles. The van der Waals surface area contributed by atoms with Gasteiger partial charge in [0.1, 0.15) is 5.75 Å². The minimum Gasteiger partial charge on any atom is -0.497 e. The summed E-state index contributed by atoms with van der Waals surface area (Å²) in [5, 5.41) is 1.32. The second-order valence-corrected chi connectivity index (χ2v) is 5.02. The lowest BCUT2D eigenvalue weighted by Gasteiger charge is -2.05. The lowest BCUT2D eigenvalue weighted by Crippen LogP contribution is -2.15. The van der Waals surface area contributed by atoms with E-state index < -0.39 is 0 Å². The van der Waals surface area contributed by atoms with E-state index in [0.717, 1.165) is 18.6 Å². The first kappa shape index (κ1) is 13.0. The van der Waals surface area contributed by atoms with Gasteiger partial charge < -0.3 is 15.0 Å². The number of nitrogens with two attached hydrogens (primary N) is 1. The van der Waals surface area contributed by atoms with E-state index in [1.165, 1.54) is 22.2 Å². The summed E-state index contributed by atoms with van der Waals surface area (Å²) in [6.45, 7) is 4.23. The van der Waals surface area contributed by atoms with Crippen LogP contribution in [0.1, 0.15) is 24.6 Å². The highest BCUT2D eigenvalue weighted by Gasteiger charge is 2.12. The van der Waals surface area contributed by atoms with Gasteiger partial charge in [0, 0.05) is 30.2 Å². The van der Waals surface area contributed by atoms with Crippen molar-refractivity contribution < 1.29 is 4.74 Å². The number of aryl methyl sites for hydroxylation is 2. The molecule has 0 saturated carbocycles. The van der Waals surface area contributed by atoms with Crippen LogP contribution in [0.25, 0.3) is 10.9 Å². The zero-order valence-corrected chi connectivity index (χ0v) is 11.7. The van der Waals surface area contributed by atoms with Crippen LogP contribution in [0.3, 0.4) is 0 Å². The largest absolute Gasteiger partial charge is 0.497 e. The summed E-state index contributed by atoms with van der Waals surface area (Å²) in [6, 6.07) is 6.52. The van der Waals surface area contributed by atoms with Gasteiger partial charge in [-0.15, -0.1) is 0 Å². The maximum atomic E-state index is 5.86. The molecule has 1 aromatic heterocycles. The summed E-state index contributed by atoms with van der Waals surface area (Å²) in [5.74, 6) is 0.904. The Bertz CT molecular complexity index is 555. The summed E-state index contributed by atoms with van der Waals surface area (Å²) in [7, 11) is 3.81. The predicted molar refractivity (Wildman–Crippen MR) is 76.2 cm³/mol. The SMILES string of the molecule is COc1ccc2c(CCC(C)N)c(C)n(C)c2c1. The highest BCUT2D eigenvalue weighted by atomic mass is 16.5. The molecule has 0 radical (unpaired) electrons. The van der Waals surface area contributed by atoms with Crippen molar-refractivity contribution in [3.63, 3.8) is 0 Å². The van der Waals surface area contributed by atoms with Gasteiger partial charge in [-0.3, -0.25) is 0 Å². The number of fused-ring (bicyclic) bond motifs is 1. The zero-order valence-electron chi connectivity index (χ0n) is 11.7. The molecule has 18 heavy (non-hydrogen) atoms. The van der Waals surface area contributed by atoms with E-state index in [2.05, 4.69) is 37.6 Å². The lowest BCUT2D eigenvalue weighted by atomic mass is 10.0. The molecule has 2 aromatic rings. The minimum atomic E-state index is 0.248. The van der Waals surface area contributed by atoms with E-state index >= 15 is 0 Å². The second-order valence-electron chi connectivity index (χ2n) is 5.02. The van der Waals surface area contributed by atoms with E-state index in [0.29, 0.717) is 0 Å². The molecule has 2 rings (SSSR count). The fourth-order valence-corrected chi connectivity index (χ4v) is 2.44. The first-order chi connectivity index (χ1) is 8.54. The van der Waals surface area contributed by atoms with Gasteiger partial charge in [-0.05, 0) is 44.4 Å². The average molecular weight is 246 g/mol. The first-order valence-corrected chi connectivity index (χ1v) is 6.42. The van der Waals surface area contributed by atoms with Crippen molar-refractivity contribution in [3.05, 3.63) is 29.5 Å². The Morgan fingerprint density at radius 2 is 2.11 bits per heavy atom. The molecular formula is C15H22N2O. The molecule has 3 nitrogen and oxygen atoms in total. The Morgan fingerprint density at radius 1 is 1.39 bits per heavy atom. The molecule has 1 heterocycles. The van der Waals surface area contributed by atoms with E-state index in [4.69, 9.17) is 10.5 Å². The molecule has 0 fully saturated rings. The highest BCUT2D eigenvalue weighted by molar-refractivity contribution is 5.86. The zero-order chi connectivity index (χ0) is 13.3. The number of rotatable bonds is 4. The molecule has 0 bridgehead atoms. The predicted octanol–water partition coefficient (Wildman–Crippen LogP) is 2.78. The van der Waals surface area contributed by atoms with E-state index in [-0.39, 0.29) is 6.04 Å². The van der Waals surface area contributed by atoms with Crippen molar-refractivity contribution >= 4 is 10.9 Å². The van der Waals surface area contributed by atoms with Gasteiger partial charge in [0.15, 0.2) is 0 Å². The third kappa shape index (κ3) is 2.23. The molecule has 0 amide bonds. The number of methoxy groups -OCH3 is 1. The number of hydrogen-bond acceptors (Lipinski definition) is 2. The van der Waals surface area contributed by atoms with Crippen LogP contribution in [0.2, 0.25) is 0 Å². The molecule has 1 unspecified atom stereocenters. The van der Waals surface area contributed by atoms with Crippen LogP contribution >= 0.6 is 0 Å². The van der Waals surface area contributed by atoms with Gasteiger partial charge in [-0.1, -0.05) is 0 Å². The van der Waals surface area contributed by atoms with E-state index in [9.17, 15) is 0 Å². The summed E-state index contributed by atoms with van der Waals surface area (Å²) < 4.78 is 7.52. The van der Waals surface area contributed by atoms with Crippen LogP contribution in [-0.4, -0.2) is 17.7 Å². The quantitative estimate of drug-likeness (QED) is 0.901. The third-order valence-electron chi connectivity index (χ3n) is 3.68. The number of ether oxygens (including phenoxy) is 1. The molecule has 0 saturated heterocycles. The number of benzene rings is 1. The van der Waals surface area contributed by atoms with Crippen LogP contribution in [0.5, 0.6) is 5.75 Å². The Labute approximate surface area is 109 Å². The number of nitrogens with zero attached hydrogens (tertiary/aromatic N) is 1. The first-order valence-electron chi connectivity index (χ1n) is 6.42. The maximum absolute atomic E-state index is 5.86. The van der Waals surface area contributed by atoms with Gasteiger partial charge in [0.25, 0.3) is 0 Å². The van der Waals surface area contributed by atoms with Crippen LogP contribution in [0, 0.1) is 6.92 Å². The molecule has 2 N–H and O–H groups in total. The van der Waals surface area contributed by atoms with Gasteiger partial charge in [-0.25, -0.2) is 0 Å². The summed E-state index contributed by atoms with van der Waals surface area (Å²) in [4.78, 5) is 0. The Balaban J connectivity index is 2.49. The smallest absolute Gasteiger partial charge is 0.120 e. The van der Waals surface area contributed by atoms with Crippen molar-refractivity contribution in [1.82, 2.24) is 4.57 Å². The second kappa shape index (κ2) is 5.02. The molecule has 3 heteroatoms. The van der Waals surface area contributed by atoms with Crippen molar-refractivity contribution in [3.8, 4) is 5.75 Å². The fraction of sp³-hybridized carbons (Fsp3) is 0.467. The molecule has 0 aliphatic rings. The average Bonchev–Trinajstić information content (AvgIpc) is 2.59. The summed E-state index contributed by atoms with van der Waals surface area (Å²) in [5.41, 5.74) is 9.82. The maximum Gasteiger partial charge on any atom is 0.120 e. The van der Waals surface area contributed by atoms with Gasteiger partial charge in [0.2, 0.25) is 0 Å². The van der Waals surface area contributed by atoms with Crippen LogP contribution in [0.4, 0.5) is 0 Å². The van der Waals surface area contributed by atoms with Crippen LogP contribution in [-0.2, 0) is 13.5 Å². The van der Waals surface area contributed by atoms with Crippen molar-refractivity contribution in [1.29, 1.82) is 0 Å². The molecule has 0 aliphatic heterocycles. The Morgan fingerprint density at radius 3 is 2.72 bits per heavy atom. The molecule has 1 aromatic carbocycles. The van der Waals surface area contributed by atoms with E-state index in [1.807, 2.05) is 6.07 Å². The van der Waals surface area contributed by atoms with Gasteiger partial charge in [-0.2, -0.15) is 0 Å². The fourth-order valence-electron chi connectivity index (χ4n) is 2.44. The highest BCUT2D eigenvalue weighted by Crippen LogP contribution is 2.29. The topological polar surface area (TPSA) is 40.2 Å². The molecule has 0 spiro atoms. The third-order valence-corrected chi connectivity index (χ3v) is 3.68. The molecule has 1 atom stereocenters. The number of hydrogen-bond donors (Lipinski definition) is 1. The summed E-state index contributed by atoms with van der Waals surface area (Å²) in [6.07, 6.45) is 2.05. The molecule has 98 valence electrons. The van der Waals surface area contributed by atoms with Crippen LogP contribution in [0.15, 0.2) is 18.2 Å². The van der Waals surface area contributed by atoms with Gasteiger partial charge in [0.05, 0.1) is 12.6 Å². The number of aromatic nitrogens is 1. The van der Waals surface area contributed by atoms with E-state index in [1.54, 1.807) is 7.11 Å². The summed E-state index contributed by atoms with van der Waals surface area (Å²) >= 11 is 0. The van der Waals surface area contributed by atoms with Crippen molar-refractivity contribution in [2.45, 2.75) is 32.7 Å². The Hall–Kier alpha value is -1.48. The Kier molecular flexibility index (Phi) is 3.62. The minimum absolute atomic E-state index is 0.248. The monoisotopic (exact) mass is 246 g/mol. The molecular weight excluding hydrogens is 224 g/mol. The normalized spacial score (nSPS) is 12.9. The lowest BCUT2D eigenvalue weighted by molar-refractivity contribution is 0.415. The van der Waals surface area contributed by atoms with Crippen molar-refractivity contribution in [2.24, 2.45) is 12.8 Å². The van der Waals surface area contributed by atoms with Crippen LogP contribution < -0.4 is 10.5 Å². The standard InChI is InChI=1S/C15H22N2O/c1-10(16)5-7-13-11(2)17(3)15-9-12(18-4)6-8-14(13)15/h6,8-10H,5,7,16H2,1-4H3. The van der Waals surface area contributed by atoms with Crippen molar-refractivity contribution in [2.75, 3.05) is 7.11 Å².